The monoisotopic (exact) mass is 279 g/mol. The van der Waals surface area contributed by atoms with Crippen LogP contribution in [0.25, 0.3) is 0 Å². The Morgan fingerprint density at radius 2 is 1.89 bits per heavy atom. The number of hydrogen-bond donors (Lipinski definition) is 2. The largest absolute Gasteiger partial charge is 0.481 e. The molecular formula is C13H20F3NO2. The second-order valence-electron chi connectivity index (χ2n) is 5.82. The third kappa shape index (κ3) is 4.37. The second kappa shape index (κ2) is 5.69. The molecule has 0 aromatic rings. The number of carbonyl (C=O) groups is 1. The Labute approximate surface area is 110 Å². The van der Waals surface area contributed by atoms with Crippen molar-refractivity contribution in [3.63, 3.8) is 0 Å². The van der Waals surface area contributed by atoms with Crippen LogP contribution >= 0.6 is 0 Å². The fraction of sp³-hybridized carbons (Fsp3) is 0.923. The first-order valence-corrected chi connectivity index (χ1v) is 6.91. The summed E-state index contributed by atoms with van der Waals surface area (Å²) < 4.78 is 38.3. The van der Waals surface area contributed by atoms with Crippen LogP contribution in [0.4, 0.5) is 13.2 Å². The van der Waals surface area contributed by atoms with E-state index in [1.165, 1.54) is 6.42 Å². The molecule has 3 nitrogen and oxygen atoms in total. The first kappa shape index (κ1) is 14.6. The smallest absolute Gasteiger partial charge is 0.404 e. The van der Waals surface area contributed by atoms with E-state index in [2.05, 4.69) is 5.32 Å². The number of halogens is 3. The zero-order valence-corrected chi connectivity index (χ0v) is 10.7. The van der Waals surface area contributed by atoms with Crippen LogP contribution in [0.15, 0.2) is 0 Å². The van der Waals surface area contributed by atoms with Crippen LogP contribution in [0.5, 0.6) is 0 Å². The highest BCUT2D eigenvalue weighted by Crippen LogP contribution is 2.47. The average Bonchev–Trinajstić information content (AvgIpc) is 2.96. The van der Waals surface area contributed by atoms with E-state index in [0.717, 1.165) is 38.0 Å². The lowest BCUT2D eigenvalue weighted by molar-refractivity contribution is -0.168. The molecule has 2 saturated carbocycles. The lowest BCUT2D eigenvalue weighted by atomic mass is 9.96. The van der Waals surface area contributed by atoms with Crippen molar-refractivity contribution in [3.8, 4) is 0 Å². The first-order valence-electron chi connectivity index (χ1n) is 6.91. The van der Waals surface area contributed by atoms with Crippen molar-refractivity contribution in [1.82, 2.24) is 5.32 Å². The first-order chi connectivity index (χ1) is 8.86. The summed E-state index contributed by atoms with van der Waals surface area (Å²) >= 11 is 0. The SMILES string of the molecule is O=C(O)CC(NC1CCCC2CC2CC1)C(F)(F)F. The quantitative estimate of drug-likeness (QED) is 0.832. The van der Waals surface area contributed by atoms with Gasteiger partial charge in [-0.25, -0.2) is 0 Å². The van der Waals surface area contributed by atoms with Crippen LogP contribution in [-0.2, 0) is 4.79 Å². The van der Waals surface area contributed by atoms with Gasteiger partial charge in [-0.1, -0.05) is 12.8 Å². The van der Waals surface area contributed by atoms with Crippen LogP contribution < -0.4 is 5.32 Å². The molecule has 0 bridgehead atoms. The molecule has 4 atom stereocenters. The maximum Gasteiger partial charge on any atom is 0.404 e. The van der Waals surface area contributed by atoms with Crippen molar-refractivity contribution in [2.45, 2.75) is 63.2 Å². The summed E-state index contributed by atoms with van der Waals surface area (Å²) in [5.74, 6) is 0.0923. The molecule has 2 aliphatic carbocycles. The molecular weight excluding hydrogens is 259 g/mol. The summed E-state index contributed by atoms with van der Waals surface area (Å²) in [5, 5.41) is 11.1. The number of aliphatic carboxylic acids is 1. The topological polar surface area (TPSA) is 49.3 Å². The fourth-order valence-electron chi connectivity index (χ4n) is 3.10. The second-order valence-corrected chi connectivity index (χ2v) is 5.82. The minimum Gasteiger partial charge on any atom is -0.481 e. The van der Waals surface area contributed by atoms with Gasteiger partial charge in [-0.15, -0.1) is 0 Å². The number of rotatable bonds is 4. The lowest BCUT2D eigenvalue weighted by Gasteiger charge is -2.27. The van der Waals surface area contributed by atoms with E-state index in [9.17, 15) is 18.0 Å². The van der Waals surface area contributed by atoms with Crippen LogP contribution in [0.1, 0.15) is 44.9 Å². The van der Waals surface area contributed by atoms with E-state index in [-0.39, 0.29) is 6.04 Å². The van der Waals surface area contributed by atoms with Gasteiger partial charge in [0.05, 0.1) is 6.42 Å². The Kier molecular flexibility index (Phi) is 4.38. The van der Waals surface area contributed by atoms with E-state index in [0.29, 0.717) is 5.92 Å². The molecule has 19 heavy (non-hydrogen) atoms. The van der Waals surface area contributed by atoms with E-state index < -0.39 is 24.6 Å². The molecule has 0 aromatic carbocycles. The number of carboxylic acid groups (broad SMARTS) is 1. The summed E-state index contributed by atoms with van der Waals surface area (Å²) in [5.41, 5.74) is 0. The van der Waals surface area contributed by atoms with Crippen LogP contribution in [-0.4, -0.2) is 29.3 Å². The fourth-order valence-corrected chi connectivity index (χ4v) is 3.10. The van der Waals surface area contributed by atoms with Crippen molar-refractivity contribution < 1.29 is 23.1 Å². The molecule has 0 aliphatic heterocycles. The minimum absolute atomic E-state index is 0.201. The predicted octanol–water partition coefficient (Wildman–Crippen LogP) is 2.95. The molecule has 110 valence electrons. The Balaban J connectivity index is 1.89. The van der Waals surface area contributed by atoms with E-state index in [1.807, 2.05) is 0 Å². The number of carboxylic acids is 1. The van der Waals surface area contributed by atoms with Gasteiger partial charge in [0.25, 0.3) is 0 Å². The van der Waals surface area contributed by atoms with Gasteiger partial charge in [-0.3, -0.25) is 4.79 Å². The van der Waals surface area contributed by atoms with Gasteiger partial charge in [0.2, 0.25) is 0 Å². The molecule has 0 amide bonds. The van der Waals surface area contributed by atoms with Gasteiger partial charge in [0, 0.05) is 6.04 Å². The van der Waals surface area contributed by atoms with Crippen molar-refractivity contribution >= 4 is 5.97 Å². The van der Waals surface area contributed by atoms with E-state index in [4.69, 9.17) is 5.11 Å². The normalized spacial score (nSPS) is 32.9. The number of alkyl halides is 3. The van der Waals surface area contributed by atoms with Crippen molar-refractivity contribution in [1.29, 1.82) is 0 Å². The number of nitrogens with one attached hydrogen (secondary N) is 1. The van der Waals surface area contributed by atoms with Gasteiger partial charge in [-0.2, -0.15) is 13.2 Å². The summed E-state index contributed by atoms with van der Waals surface area (Å²) in [7, 11) is 0. The van der Waals surface area contributed by atoms with Crippen molar-refractivity contribution in [2.24, 2.45) is 11.8 Å². The van der Waals surface area contributed by atoms with Gasteiger partial charge >= 0.3 is 12.1 Å². The van der Waals surface area contributed by atoms with Gasteiger partial charge in [0.15, 0.2) is 0 Å². The van der Waals surface area contributed by atoms with Crippen molar-refractivity contribution in [3.05, 3.63) is 0 Å². The van der Waals surface area contributed by atoms with Crippen LogP contribution in [0, 0.1) is 11.8 Å². The molecule has 0 saturated heterocycles. The Morgan fingerprint density at radius 3 is 2.53 bits per heavy atom. The van der Waals surface area contributed by atoms with Gasteiger partial charge in [0.1, 0.15) is 6.04 Å². The number of fused-ring (bicyclic) bond motifs is 1. The van der Waals surface area contributed by atoms with E-state index in [1.54, 1.807) is 0 Å². The Hall–Kier alpha value is -0.780. The van der Waals surface area contributed by atoms with Gasteiger partial charge in [-0.05, 0) is 37.5 Å². The molecule has 6 heteroatoms. The number of hydrogen-bond acceptors (Lipinski definition) is 2. The molecule has 2 rings (SSSR count). The molecule has 2 aliphatic rings. The zero-order chi connectivity index (χ0) is 14.0. The van der Waals surface area contributed by atoms with Crippen LogP contribution in [0.2, 0.25) is 0 Å². The lowest BCUT2D eigenvalue weighted by Crippen LogP contribution is -2.48. The Bertz CT molecular complexity index is 332. The maximum absolute atomic E-state index is 12.8. The van der Waals surface area contributed by atoms with Gasteiger partial charge < -0.3 is 10.4 Å². The molecule has 0 aromatic heterocycles. The summed E-state index contributed by atoms with van der Waals surface area (Å²) in [6, 6.07) is -2.13. The molecule has 0 radical (unpaired) electrons. The molecule has 4 unspecified atom stereocenters. The highest BCUT2D eigenvalue weighted by molar-refractivity contribution is 5.67. The van der Waals surface area contributed by atoms with Crippen LogP contribution in [0.3, 0.4) is 0 Å². The predicted molar refractivity (Wildman–Crippen MR) is 63.7 cm³/mol. The molecule has 0 heterocycles. The molecule has 2 N–H and O–H groups in total. The maximum atomic E-state index is 12.8. The summed E-state index contributed by atoms with van der Waals surface area (Å²) in [6.45, 7) is 0. The highest BCUT2D eigenvalue weighted by Gasteiger charge is 2.43. The molecule has 2 fully saturated rings. The highest BCUT2D eigenvalue weighted by atomic mass is 19.4. The minimum atomic E-state index is -4.50. The zero-order valence-electron chi connectivity index (χ0n) is 10.7. The molecule has 0 spiro atoms. The van der Waals surface area contributed by atoms with E-state index >= 15 is 0 Å². The standard InChI is InChI=1S/C13H20F3NO2/c14-13(15,16)11(7-12(18)19)17-10-3-1-2-8-6-9(8)4-5-10/h8-11,17H,1-7H2,(H,18,19). The van der Waals surface area contributed by atoms with Crippen molar-refractivity contribution in [2.75, 3.05) is 0 Å². The third-order valence-corrected chi connectivity index (χ3v) is 4.29. The third-order valence-electron chi connectivity index (χ3n) is 4.29. The average molecular weight is 279 g/mol. The summed E-state index contributed by atoms with van der Waals surface area (Å²) in [4.78, 5) is 10.5. The summed E-state index contributed by atoms with van der Waals surface area (Å²) in [6.07, 6.45) is 0.303. The Morgan fingerprint density at radius 1 is 1.21 bits per heavy atom.